The Morgan fingerprint density at radius 2 is 2.00 bits per heavy atom. The highest BCUT2D eigenvalue weighted by atomic mass is 16.4. The normalized spacial score (nSPS) is 19.8. The molecule has 1 heterocycles. The second-order valence-corrected chi connectivity index (χ2v) is 5.40. The average molecular weight is 290 g/mol. The van der Waals surface area contributed by atoms with E-state index < -0.39 is 12.0 Å². The molecule has 1 aliphatic rings. The molecular weight excluding hydrogens is 268 g/mol. The summed E-state index contributed by atoms with van der Waals surface area (Å²) in [6, 6.07) is 9.31. The van der Waals surface area contributed by atoms with Crippen molar-refractivity contribution in [2.75, 3.05) is 19.6 Å². The first-order valence-corrected chi connectivity index (χ1v) is 7.40. The van der Waals surface area contributed by atoms with Gasteiger partial charge in [-0.05, 0) is 12.0 Å². The van der Waals surface area contributed by atoms with E-state index in [1.165, 1.54) is 0 Å². The van der Waals surface area contributed by atoms with E-state index in [2.05, 4.69) is 0 Å². The van der Waals surface area contributed by atoms with Crippen LogP contribution in [0.2, 0.25) is 0 Å². The Morgan fingerprint density at radius 1 is 1.29 bits per heavy atom. The van der Waals surface area contributed by atoms with E-state index in [4.69, 9.17) is 5.11 Å². The van der Waals surface area contributed by atoms with Crippen LogP contribution in [0.15, 0.2) is 30.3 Å². The fraction of sp³-hybridized carbons (Fsp3) is 0.500. The number of carboxylic acid groups (broad SMARTS) is 1. The van der Waals surface area contributed by atoms with Crippen LogP contribution in [0.4, 0.5) is 0 Å². The van der Waals surface area contributed by atoms with E-state index in [-0.39, 0.29) is 12.3 Å². The van der Waals surface area contributed by atoms with Crippen LogP contribution >= 0.6 is 0 Å². The lowest BCUT2D eigenvalue weighted by Gasteiger charge is -2.40. The van der Waals surface area contributed by atoms with Gasteiger partial charge in [-0.1, -0.05) is 37.3 Å². The summed E-state index contributed by atoms with van der Waals surface area (Å²) in [6.45, 7) is 4.74. The van der Waals surface area contributed by atoms with Gasteiger partial charge < -0.3 is 10.0 Å². The highest BCUT2D eigenvalue weighted by Crippen LogP contribution is 2.18. The lowest BCUT2D eigenvalue weighted by atomic mass is 10.1. The van der Waals surface area contributed by atoms with Crippen LogP contribution in [0.3, 0.4) is 0 Å². The highest BCUT2D eigenvalue weighted by molar-refractivity contribution is 5.86. The minimum atomic E-state index is -0.926. The average Bonchev–Trinajstić information content (AvgIpc) is 2.47. The molecule has 5 heteroatoms. The summed E-state index contributed by atoms with van der Waals surface area (Å²) in [4.78, 5) is 27.3. The summed E-state index contributed by atoms with van der Waals surface area (Å²) in [5.74, 6) is -0.980. The zero-order chi connectivity index (χ0) is 15.2. The number of carbonyl (C=O) groups excluding carboxylic acids is 1. The number of amides is 1. The third-order valence-corrected chi connectivity index (χ3v) is 3.78. The number of hydrogen-bond acceptors (Lipinski definition) is 3. The van der Waals surface area contributed by atoms with Gasteiger partial charge in [-0.25, -0.2) is 0 Å². The van der Waals surface area contributed by atoms with E-state index in [1.54, 1.807) is 4.90 Å². The predicted molar refractivity (Wildman–Crippen MR) is 79.8 cm³/mol. The number of aliphatic carboxylic acids is 1. The molecule has 0 bridgehead atoms. The van der Waals surface area contributed by atoms with Crippen molar-refractivity contribution >= 4 is 11.9 Å². The van der Waals surface area contributed by atoms with Crippen molar-refractivity contribution in [3.63, 3.8) is 0 Å². The van der Waals surface area contributed by atoms with Crippen LogP contribution in [0.25, 0.3) is 0 Å². The fourth-order valence-corrected chi connectivity index (χ4v) is 2.76. The van der Waals surface area contributed by atoms with Crippen molar-refractivity contribution in [1.29, 1.82) is 0 Å². The monoisotopic (exact) mass is 290 g/mol. The zero-order valence-electron chi connectivity index (χ0n) is 12.4. The number of hydrogen-bond donors (Lipinski definition) is 1. The predicted octanol–water partition coefficient (Wildman–Crippen LogP) is 1.58. The number of piperazine rings is 1. The van der Waals surface area contributed by atoms with Gasteiger partial charge in [-0.3, -0.25) is 14.5 Å². The molecule has 114 valence electrons. The van der Waals surface area contributed by atoms with Crippen molar-refractivity contribution < 1.29 is 14.7 Å². The number of carbonyl (C=O) groups is 2. The molecule has 0 spiro atoms. The standard InChI is InChI=1S/C16H22N2O3/c1-2-8-17-9-10-18(12-13-6-4-3-5-7-13)14(16(17)21)11-15(19)20/h3-7,14H,2,8-12H2,1H3,(H,19,20). The van der Waals surface area contributed by atoms with Gasteiger partial charge in [0.2, 0.25) is 5.91 Å². The van der Waals surface area contributed by atoms with E-state index in [9.17, 15) is 9.59 Å². The van der Waals surface area contributed by atoms with E-state index in [1.807, 2.05) is 42.2 Å². The minimum absolute atomic E-state index is 0.0542. The largest absolute Gasteiger partial charge is 0.481 e. The van der Waals surface area contributed by atoms with Gasteiger partial charge in [0.05, 0.1) is 6.42 Å². The Kier molecular flexibility index (Phi) is 5.33. The molecule has 1 fully saturated rings. The maximum absolute atomic E-state index is 12.5. The summed E-state index contributed by atoms with van der Waals surface area (Å²) >= 11 is 0. The zero-order valence-corrected chi connectivity index (χ0v) is 12.4. The lowest BCUT2D eigenvalue weighted by Crippen LogP contribution is -2.57. The van der Waals surface area contributed by atoms with Gasteiger partial charge >= 0.3 is 5.97 Å². The Bertz CT molecular complexity index is 490. The van der Waals surface area contributed by atoms with Crippen LogP contribution < -0.4 is 0 Å². The van der Waals surface area contributed by atoms with Gasteiger partial charge in [0.25, 0.3) is 0 Å². The van der Waals surface area contributed by atoms with Crippen LogP contribution in [0.5, 0.6) is 0 Å². The second kappa shape index (κ2) is 7.22. The van der Waals surface area contributed by atoms with Crippen LogP contribution in [-0.2, 0) is 16.1 Å². The highest BCUT2D eigenvalue weighted by Gasteiger charge is 2.35. The van der Waals surface area contributed by atoms with Gasteiger partial charge in [-0.15, -0.1) is 0 Å². The Balaban J connectivity index is 2.11. The number of benzene rings is 1. The molecule has 2 rings (SSSR count). The summed E-state index contributed by atoms with van der Waals surface area (Å²) in [6.07, 6.45) is 0.760. The lowest BCUT2D eigenvalue weighted by molar-refractivity contribution is -0.149. The first-order chi connectivity index (χ1) is 10.1. The molecule has 1 N–H and O–H groups in total. The molecule has 21 heavy (non-hydrogen) atoms. The van der Waals surface area contributed by atoms with Crippen molar-refractivity contribution in [3.8, 4) is 0 Å². The van der Waals surface area contributed by atoms with E-state index in [0.717, 1.165) is 18.5 Å². The third kappa shape index (κ3) is 4.04. The molecular formula is C16H22N2O3. The van der Waals surface area contributed by atoms with E-state index in [0.29, 0.717) is 19.6 Å². The second-order valence-electron chi connectivity index (χ2n) is 5.40. The van der Waals surface area contributed by atoms with Crippen molar-refractivity contribution in [2.24, 2.45) is 0 Å². The first-order valence-electron chi connectivity index (χ1n) is 7.40. The SMILES string of the molecule is CCCN1CCN(Cc2ccccc2)C(CC(=O)O)C1=O. The molecule has 0 aromatic heterocycles. The van der Waals surface area contributed by atoms with Crippen molar-refractivity contribution in [3.05, 3.63) is 35.9 Å². The van der Waals surface area contributed by atoms with Crippen molar-refractivity contribution in [2.45, 2.75) is 32.4 Å². The van der Waals surface area contributed by atoms with Crippen LogP contribution in [0.1, 0.15) is 25.3 Å². The summed E-state index contributed by atoms with van der Waals surface area (Å²) in [5.41, 5.74) is 1.10. The van der Waals surface area contributed by atoms with Gasteiger partial charge in [0.15, 0.2) is 0 Å². The third-order valence-electron chi connectivity index (χ3n) is 3.78. The molecule has 0 aliphatic carbocycles. The Morgan fingerprint density at radius 3 is 2.62 bits per heavy atom. The summed E-state index contributed by atoms with van der Waals surface area (Å²) in [5, 5.41) is 9.09. The first kappa shape index (κ1) is 15.5. The van der Waals surface area contributed by atoms with E-state index >= 15 is 0 Å². The Hall–Kier alpha value is -1.88. The maximum atomic E-state index is 12.5. The smallest absolute Gasteiger partial charge is 0.305 e. The summed E-state index contributed by atoms with van der Waals surface area (Å²) in [7, 11) is 0. The molecule has 0 saturated carbocycles. The molecule has 1 atom stereocenters. The number of rotatable bonds is 6. The molecule has 0 radical (unpaired) electrons. The molecule has 1 unspecified atom stereocenters. The fourth-order valence-electron chi connectivity index (χ4n) is 2.76. The molecule has 1 aromatic rings. The quantitative estimate of drug-likeness (QED) is 0.864. The van der Waals surface area contributed by atoms with Crippen LogP contribution in [-0.4, -0.2) is 52.5 Å². The molecule has 1 saturated heterocycles. The molecule has 1 aromatic carbocycles. The summed E-state index contributed by atoms with van der Waals surface area (Å²) < 4.78 is 0. The van der Waals surface area contributed by atoms with Gasteiger partial charge in [-0.2, -0.15) is 0 Å². The van der Waals surface area contributed by atoms with Gasteiger partial charge in [0.1, 0.15) is 6.04 Å². The van der Waals surface area contributed by atoms with Crippen LogP contribution in [0, 0.1) is 0 Å². The maximum Gasteiger partial charge on any atom is 0.305 e. The van der Waals surface area contributed by atoms with Gasteiger partial charge in [0, 0.05) is 26.2 Å². The Labute approximate surface area is 125 Å². The molecule has 1 amide bonds. The minimum Gasteiger partial charge on any atom is -0.481 e. The van der Waals surface area contributed by atoms with Crippen molar-refractivity contribution in [1.82, 2.24) is 9.80 Å². The molecule has 5 nitrogen and oxygen atoms in total. The molecule has 1 aliphatic heterocycles. The topological polar surface area (TPSA) is 60.9 Å². The number of carboxylic acids is 1. The number of nitrogens with zero attached hydrogens (tertiary/aromatic N) is 2.